The predicted molar refractivity (Wildman–Crippen MR) is 86.3 cm³/mol. The average Bonchev–Trinajstić information content (AvgIpc) is 2.62. The minimum absolute atomic E-state index is 0.133. The molecule has 0 aromatic heterocycles. The van der Waals surface area contributed by atoms with E-state index in [2.05, 4.69) is 0 Å². The van der Waals surface area contributed by atoms with E-state index in [4.69, 9.17) is 4.74 Å². The number of carbonyl (C=O) groups excluding carboxylic acids is 2. The van der Waals surface area contributed by atoms with Crippen LogP contribution in [-0.2, 0) is 4.79 Å². The molecule has 26 heavy (non-hydrogen) atoms. The van der Waals surface area contributed by atoms with E-state index in [0.29, 0.717) is 17.4 Å². The van der Waals surface area contributed by atoms with Crippen molar-refractivity contribution in [2.75, 3.05) is 7.11 Å². The summed E-state index contributed by atoms with van der Waals surface area (Å²) < 4.78 is 31.0. The molecular weight excluding hydrogens is 350 g/mol. The van der Waals surface area contributed by atoms with Gasteiger partial charge >= 0.3 is 0 Å². The number of aliphatic hydroxyl groups excluding tert-OH is 1. The van der Waals surface area contributed by atoms with Crippen molar-refractivity contribution in [3.63, 3.8) is 0 Å². The van der Waals surface area contributed by atoms with Crippen molar-refractivity contribution in [1.29, 1.82) is 0 Å². The molecule has 0 bridgehead atoms. The largest absolute Gasteiger partial charge is 0.507 e. The Hall–Kier alpha value is -3.20. The molecule has 7 nitrogen and oxygen atoms in total. The zero-order valence-corrected chi connectivity index (χ0v) is 13.8. The van der Waals surface area contributed by atoms with Gasteiger partial charge in [0.1, 0.15) is 11.5 Å². The van der Waals surface area contributed by atoms with Crippen molar-refractivity contribution in [2.24, 2.45) is 0 Å². The monoisotopic (exact) mass is 366 g/mol. The SMILES string of the molecule is COc1cc(O)c(C(=O)NNC(=O)C(O)c2ccc(F)c(F)c2)cc1C. The maximum absolute atomic E-state index is 13.2. The fourth-order valence-corrected chi connectivity index (χ4v) is 2.17. The molecule has 0 aliphatic carbocycles. The molecule has 0 heterocycles. The molecule has 2 aromatic carbocycles. The Labute approximate surface area is 147 Å². The van der Waals surface area contributed by atoms with Crippen LogP contribution in [0.3, 0.4) is 0 Å². The lowest BCUT2D eigenvalue weighted by Gasteiger charge is -2.14. The number of nitrogens with one attached hydrogen (secondary N) is 2. The summed E-state index contributed by atoms with van der Waals surface area (Å²) in [6.07, 6.45) is -1.84. The van der Waals surface area contributed by atoms with Gasteiger partial charge in [0.05, 0.1) is 12.7 Å². The second-order valence-corrected chi connectivity index (χ2v) is 5.36. The number of aryl methyl sites for hydroxylation is 1. The van der Waals surface area contributed by atoms with Crippen molar-refractivity contribution in [3.8, 4) is 11.5 Å². The van der Waals surface area contributed by atoms with Gasteiger partial charge in [-0.3, -0.25) is 20.4 Å². The molecule has 138 valence electrons. The number of phenols is 1. The molecule has 0 saturated heterocycles. The van der Waals surface area contributed by atoms with E-state index in [-0.39, 0.29) is 16.9 Å². The molecule has 0 radical (unpaired) electrons. The van der Waals surface area contributed by atoms with E-state index in [1.807, 2.05) is 10.9 Å². The minimum atomic E-state index is -1.84. The van der Waals surface area contributed by atoms with E-state index < -0.39 is 29.6 Å². The van der Waals surface area contributed by atoms with E-state index in [1.54, 1.807) is 6.92 Å². The van der Waals surface area contributed by atoms with Gasteiger partial charge in [-0.2, -0.15) is 0 Å². The second-order valence-electron chi connectivity index (χ2n) is 5.36. The summed E-state index contributed by atoms with van der Waals surface area (Å²) in [7, 11) is 1.40. The summed E-state index contributed by atoms with van der Waals surface area (Å²) in [6.45, 7) is 1.65. The highest BCUT2D eigenvalue weighted by Crippen LogP contribution is 2.27. The first-order chi connectivity index (χ1) is 12.2. The van der Waals surface area contributed by atoms with Gasteiger partial charge in [0.15, 0.2) is 17.7 Å². The van der Waals surface area contributed by atoms with Crippen molar-refractivity contribution >= 4 is 11.8 Å². The fourth-order valence-electron chi connectivity index (χ4n) is 2.17. The van der Waals surface area contributed by atoms with E-state index in [0.717, 1.165) is 12.1 Å². The van der Waals surface area contributed by atoms with Crippen LogP contribution in [0.25, 0.3) is 0 Å². The molecule has 9 heteroatoms. The van der Waals surface area contributed by atoms with Gasteiger partial charge in [0, 0.05) is 6.07 Å². The van der Waals surface area contributed by atoms with Crippen LogP contribution in [0, 0.1) is 18.6 Å². The number of halogens is 2. The van der Waals surface area contributed by atoms with Gasteiger partial charge in [-0.25, -0.2) is 8.78 Å². The highest BCUT2D eigenvalue weighted by Gasteiger charge is 2.21. The highest BCUT2D eigenvalue weighted by molar-refractivity contribution is 5.98. The lowest BCUT2D eigenvalue weighted by molar-refractivity contribution is -0.130. The number of hydrogen-bond donors (Lipinski definition) is 4. The quantitative estimate of drug-likeness (QED) is 0.613. The second kappa shape index (κ2) is 7.79. The Balaban J connectivity index is 2.05. The number of rotatable bonds is 4. The first-order valence-electron chi connectivity index (χ1n) is 7.35. The third kappa shape index (κ3) is 4.06. The fraction of sp³-hybridized carbons (Fsp3) is 0.176. The number of phenolic OH excluding ortho intramolecular Hbond substituents is 1. The Morgan fingerprint density at radius 1 is 1.12 bits per heavy atom. The molecular formula is C17H16F2N2O5. The predicted octanol–water partition coefficient (Wildman–Crippen LogP) is 1.48. The smallest absolute Gasteiger partial charge is 0.273 e. The molecule has 1 unspecified atom stereocenters. The summed E-state index contributed by atoms with van der Waals surface area (Å²) in [5.41, 5.74) is 4.20. The Kier molecular flexibility index (Phi) is 5.73. The number of ether oxygens (including phenoxy) is 1. The molecule has 0 aliphatic heterocycles. The number of benzene rings is 2. The molecule has 4 N–H and O–H groups in total. The zero-order valence-electron chi connectivity index (χ0n) is 13.8. The van der Waals surface area contributed by atoms with Crippen LogP contribution in [0.4, 0.5) is 8.78 Å². The first kappa shape index (κ1) is 19.1. The van der Waals surface area contributed by atoms with Gasteiger partial charge in [-0.15, -0.1) is 0 Å². The average molecular weight is 366 g/mol. The van der Waals surface area contributed by atoms with Gasteiger partial charge in [-0.1, -0.05) is 6.07 Å². The van der Waals surface area contributed by atoms with Gasteiger partial charge in [0.25, 0.3) is 11.8 Å². The summed E-state index contributed by atoms with van der Waals surface area (Å²) in [6, 6.07) is 5.05. The summed E-state index contributed by atoms with van der Waals surface area (Å²) >= 11 is 0. The molecule has 0 saturated carbocycles. The lowest BCUT2D eigenvalue weighted by atomic mass is 10.1. The number of amides is 2. The Morgan fingerprint density at radius 2 is 1.81 bits per heavy atom. The third-order valence-corrected chi connectivity index (χ3v) is 3.56. The number of hydrazine groups is 1. The molecule has 1 atom stereocenters. The van der Waals surface area contributed by atoms with Crippen LogP contribution in [-0.4, -0.2) is 29.1 Å². The third-order valence-electron chi connectivity index (χ3n) is 3.56. The summed E-state index contributed by atoms with van der Waals surface area (Å²) in [5.74, 6) is -4.28. The van der Waals surface area contributed by atoms with Gasteiger partial charge in [-0.05, 0) is 36.2 Å². The summed E-state index contributed by atoms with van der Waals surface area (Å²) in [4.78, 5) is 23.9. The molecule has 2 aromatic rings. The standard InChI is InChI=1S/C17H16F2N2O5/c1-8-5-10(13(22)7-14(8)26-2)16(24)20-21-17(25)15(23)9-3-4-11(18)12(19)6-9/h3-7,15,22-23H,1-2H3,(H,20,24)(H,21,25). The first-order valence-corrected chi connectivity index (χ1v) is 7.35. The Bertz CT molecular complexity index is 857. The van der Waals surface area contributed by atoms with Crippen molar-refractivity contribution < 1.29 is 33.3 Å². The minimum Gasteiger partial charge on any atom is -0.507 e. The number of aromatic hydroxyl groups is 1. The van der Waals surface area contributed by atoms with Crippen LogP contribution < -0.4 is 15.6 Å². The Morgan fingerprint density at radius 3 is 2.42 bits per heavy atom. The topological polar surface area (TPSA) is 108 Å². The lowest BCUT2D eigenvalue weighted by Crippen LogP contribution is -2.44. The normalized spacial score (nSPS) is 11.6. The molecule has 0 spiro atoms. The van der Waals surface area contributed by atoms with Gasteiger partial charge < -0.3 is 14.9 Å². The van der Waals surface area contributed by atoms with Crippen LogP contribution in [0.1, 0.15) is 27.6 Å². The van der Waals surface area contributed by atoms with Crippen LogP contribution in [0.2, 0.25) is 0 Å². The molecule has 2 rings (SSSR count). The summed E-state index contributed by atoms with van der Waals surface area (Å²) in [5, 5.41) is 19.7. The van der Waals surface area contributed by atoms with E-state index >= 15 is 0 Å². The maximum atomic E-state index is 13.2. The van der Waals surface area contributed by atoms with E-state index in [9.17, 15) is 28.6 Å². The van der Waals surface area contributed by atoms with Crippen LogP contribution >= 0.6 is 0 Å². The van der Waals surface area contributed by atoms with Crippen molar-refractivity contribution in [3.05, 3.63) is 58.7 Å². The molecule has 0 aliphatic rings. The van der Waals surface area contributed by atoms with Gasteiger partial charge in [0.2, 0.25) is 0 Å². The molecule has 0 fully saturated rings. The number of methoxy groups -OCH3 is 1. The number of hydrogen-bond acceptors (Lipinski definition) is 5. The highest BCUT2D eigenvalue weighted by atomic mass is 19.2. The molecule has 2 amide bonds. The van der Waals surface area contributed by atoms with E-state index in [1.165, 1.54) is 19.2 Å². The van der Waals surface area contributed by atoms with Crippen LogP contribution in [0.15, 0.2) is 30.3 Å². The van der Waals surface area contributed by atoms with Crippen molar-refractivity contribution in [1.82, 2.24) is 10.9 Å². The zero-order chi connectivity index (χ0) is 19.4. The van der Waals surface area contributed by atoms with Crippen LogP contribution in [0.5, 0.6) is 11.5 Å². The maximum Gasteiger partial charge on any atom is 0.273 e. The number of carbonyl (C=O) groups is 2. The number of aliphatic hydroxyl groups is 1. The van der Waals surface area contributed by atoms with Crippen molar-refractivity contribution in [2.45, 2.75) is 13.0 Å².